The van der Waals surface area contributed by atoms with Crippen LogP contribution in [-0.2, 0) is 4.74 Å². The fourth-order valence-electron chi connectivity index (χ4n) is 3.13. The number of halogens is 2. The first-order valence-electron chi connectivity index (χ1n) is 6.77. The van der Waals surface area contributed by atoms with Gasteiger partial charge in [0.05, 0.1) is 16.1 Å². The average molecular weight is 332 g/mol. The third-order valence-electron chi connectivity index (χ3n) is 4.20. The van der Waals surface area contributed by atoms with Crippen LogP contribution in [0.1, 0.15) is 24.3 Å². The molecule has 2 N–H and O–H groups in total. The molecule has 1 amide bonds. The summed E-state index contributed by atoms with van der Waals surface area (Å²) >= 11 is 12.2. The molecule has 1 aromatic carbocycles. The first-order valence-corrected chi connectivity index (χ1v) is 7.53. The smallest absolute Gasteiger partial charge is 0.410 e. The Bertz CT molecular complexity index is 580. The molecule has 0 bridgehead atoms. The van der Waals surface area contributed by atoms with Crippen LogP contribution in [0.4, 0.5) is 4.79 Å². The number of benzene rings is 1. The minimum Gasteiger partial charge on any atom is -0.508 e. The van der Waals surface area contributed by atoms with Crippen molar-refractivity contribution in [2.45, 2.75) is 30.9 Å². The van der Waals surface area contributed by atoms with Gasteiger partial charge in [-0.25, -0.2) is 4.79 Å². The van der Waals surface area contributed by atoms with Crippen molar-refractivity contribution in [1.82, 2.24) is 4.90 Å². The lowest BCUT2D eigenvalue weighted by Gasteiger charge is -2.44. The molecule has 2 aliphatic heterocycles. The second-order valence-electron chi connectivity index (χ2n) is 5.43. The fraction of sp³-hybridized carbons (Fsp3) is 0.500. The highest BCUT2D eigenvalue weighted by Crippen LogP contribution is 2.42. The number of hydrogen-bond donors (Lipinski definition) is 2. The maximum atomic E-state index is 11.9. The zero-order chi connectivity index (χ0) is 15.1. The van der Waals surface area contributed by atoms with E-state index in [1.807, 2.05) is 0 Å². The number of phenols is 1. The molecule has 2 aliphatic rings. The van der Waals surface area contributed by atoms with E-state index in [4.69, 9.17) is 27.9 Å². The first kappa shape index (κ1) is 14.8. The normalized spacial score (nSPS) is 29.0. The number of ether oxygens (including phenoxy) is 1. The van der Waals surface area contributed by atoms with Crippen LogP contribution in [0.2, 0.25) is 10.0 Å². The lowest BCUT2D eigenvalue weighted by Crippen LogP contribution is -2.57. The Morgan fingerprint density at radius 2 is 2.05 bits per heavy atom. The number of fused-ring (bicyclic) bond motifs is 1. The van der Waals surface area contributed by atoms with Gasteiger partial charge in [-0.2, -0.15) is 0 Å². The molecule has 0 aromatic heterocycles. The summed E-state index contributed by atoms with van der Waals surface area (Å²) in [6.07, 6.45) is 0.224. The number of hydrogen-bond acceptors (Lipinski definition) is 4. The summed E-state index contributed by atoms with van der Waals surface area (Å²) in [6, 6.07) is 2.80. The molecule has 0 saturated carbocycles. The van der Waals surface area contributed by atoms with Crippen LogP contribution in [0.3, 0.4) is 0 Å². The number of aliphatic hydroxyl groups excluding tert-OH is 1. The van der Waals surface area contributed by atoms with Crippen molar-refractivity contribution in [2.75, 3.05) is 13.2 Å². The van der Waals surface area contributed by atoms with E-state index >= 15 is 0 Å². The number of aliphatic hydroxyl groups is 1. The van der Waals surface area contributed by atoms with Crippen molar-refractivity contribution in [3.8, 4) is 5.75 Å². The maximum Gasteiger partial charge on any atom is 0.410 e. The van der Waals surface area contributed by atoms with Crippen LogP contribution in [-0.4, -0.2) is 46.5 Å². The van der Waals surface area contributed by atoms with Gasteiger partial charge >= 0.3 is 6.09 Å². The van der Waals surface area contributed by atoms with Crippen LogP contribution in [0.25, 0.3) is 0 Å². The zero-order valence-electron chi connectivity index (χ0n) is 11.1. The van der Waals surface area contributed by atoms with Crippen molar-refractivity contribution in [1.29, 1.82) is 0 Å². The third-order valence-corrected chi connectivity index (χ3v) is 5.02. The maximum absolute atomic E-state index is 11.9. The molecule has 2 fully saturated rings. The van der Waals surface area contributed by atoms with Crippen molar-refractivity contribution in [3.05, 3.63) is 27.7 Å². The molecule has 2 saturated heterocycles. The molecular weight excluding hydrogens is 317 g/mol. The van der Waals surface area contributed by atoms with Gasteiger partial charge in [0, 0.05) is 18.0 Å². The SMILES string of the molecule is O=C1OC[C@@H](O)[C@@H]2CC[C@H](c3c(O)ccc(Cl)c3Cl)CN12. The predicted octanol–water partition coefficient (Wildman–Crippen LogP) is 2.76. The number of cyclic esters (lactones) is 1. The monoisotopic (exact) mass is 331 g/mol. The van der Waals surface area contributed by atoms with Crippen molar-refractivity contribution in [2.24, 2.45) is 0 Å². The Labute approximate surface area is 132 Å². The van der Waals surface area contributed by atoms with E-state index in [1.165, 1.54) is 17.0 Å². The summed E-state index contributed by atoms with van der Waals surface area (Å²) in [4.78, 5) is 13.4. The molecule has 0 radical (unpaired) electrons. The first-order chi connectivity index (χ1) is 9.99. The van der Waals surface area contributed by atoms with Gasteiger partial charge in [-0.1, -0.05) is 23.2 Å². The van der Waals surface area contributed by atoms with Gasteiger partial charge in [0.2, 0.25) is 0 Å². The van der Waals surface area contributed by atoms with Crippen LogP contribution in [0.5, 0.6) is 5.75 Å². The summed E-state index contributed by atoms with van der Waals surface area (Å²) in [6.45, 7) is 0.377. The Balaban J connectivity index is 1.89. The van der Waals surface area contributed by atoms with E-state index in [0.29, 0.717) is 35.0 Å². The number of phenolic OH excluding ortho intramolecular Hbond substituents is 1. The van der Waals surface area contributed by atoms with Crippen molar-refractivity contribution < 1.29 is 19.7 Å². The van der Waals surface area contributed by atoms with Crippen LogP contribution in [0, 0.1) is 0 Å². The number of piperidine rings is 1. The second kappa shape index (κ2) is 5.55. The van der Waals surface area contributed by atoms with Crippen LogP contribution < -0.4 is 0 Å². The zero-order valence-corrected chi connectivity index (χ0v) is 12.6. The highest BCUT2D eigenvalue weighted by molar-refractivity contribution is 6.42. The van der Waals surface area contributed by atoms with Gasteiger partial charge in [-0.05, 0) is 25.0 Å². The molecular formula is C14H15Cl2NO4. The molecule has 0 unspecified atom stereocenters. The van der Waals surface area contributed by atoms with Crippen LogP contribution in [0.15, 0.2) is 12.1 Å². The minimum absolute atomic E-state index is 0.0356. The highest BCUT2D eigenvalue weighted by Gasteiger charge is 2.41. The molecule has 1 aromatic rings. The Hall–Kier alpha value is -1.17. The second-order valence-corrected chi connectivity index (χ2v) is 6.22. The third kappa shape index (κ3) is 2.54. The number of aromatic hydroxyl groups is 1. The van der Waals surface area contributed by atoms with E-state index in [0.717, 1.165) is 0 Å². The highest BCUT2D eigenvalue weighted by atomic mass is 35.5. The fourth-order valence-corrected chi connectivity index (χ4v) is 3.61. The summed E-state index contributed by atoms with van der Waals surface area (Å²) in [7, 11) is 0. The van der Waals surface area contributed by atoms with E-state index in [9.17, 15) is 15.0 Å². The topological polar surface area (TPSA) is 70.0 Å². The molecule has 0 spiro atoms. The Morgan fingerprint density at radius 3 is 2.81 bits per heavy atom. The molecule has 5 nitrogen and oxygen atoms in total. The summed E-state index contributed by atoms with van der Waals surface area (Å²) in [5, 5.41) is 20.7. The largest absolute Gasteiger partial charge is 0.508 e. The van der Waals surface area contributed by atoms with Gasteiger partial charge in [0.1, 0.15) is 18.5 Å². The van der Waals surface area contributed by atoms with Gasteiger partial charge in [0.15, 0.2) is 0 Å². The predicted molar refractivity (Wildman–Crippen MR) is 78.0 cm³/mol. The molecule has 0 aliphatic carbocycles. The summed E-state index contributed by atoms with van der Waals surface area (Å²) in [5.41, 5.74) is 0.551. The van der Waals surface area contributed by atoms with Gasteiger partial charge < -0.3 is 19.8 Å². The Kier molecular flexibility index (Phi) is 3.90. The molecule has 21 heavy (non-hydrogen) atoms. The standard InChI is InChI=1S/C14H15Cl2NO4/c15-8-2-4-10(18)12(13(8)16)7-1-3-9-11(19)6-21-14(20)17(9)5-7/h2,4,7,9,11,18-19H,1,3,5-6H2/t7-,9-,11+/m0/s1. The molecule has 7 heteroatoms. The lowest BCUT2D eigenvalue weighted by molar-refractivity contribution is -0.0571. The van der Waals surface area contributed by atoms with Gasteiger partial charge in [-0.15, -0.1) is 0 Å². The molecule has 3 atom stereocenters. The van der Waals surface area contributed by atoms with E-state index < -0.39 is 12.2 Å². The summed E-state index contributed by atoms with van der Waals surface area (Å²) in [5.74, 6) is -0.0657. The number of rotatable bonds is 1. The number of carbonyl (C=O) groups is 1. The van der Waals surface area contributed by atoms with E-state index in [1.54, 1.807) is 0 Å². The average Bonchev–Trinajstić information content (AvgIpc) is 2.47. The van der Waals surface area contributed by atoms with Crippen molar-refractivity contribution in [3.63, 3.8) is 0 Å². The van der Waals surface area contributed by atoms with E-state index in [2.05, 4.69) is 0 Å². The quantitative estimate of drug-likeness (QED) is 0.830. The number of carbonyl (C=O) groups excluding carboxylic acids is 1. The number of nitrogens with zero attached hydrogens (tertiary/aromatic N) is 1. The molecule has 3 rings (SSSR count). The van der Waals surface area contributed by atoms with Crippen LogP contribution >= 0.6 is 23.2 Å². The minimum atomic E-state index is -0.674. The Morgan fingerprint density at radius 1 is 1.29 bits per heavy atom. The molecule has 114 valence electrons. The van der Waals surface area contributed by atoms with Gasteiger partial charge in [-0.3, -0.25) is 0 Å². The summed E-state index contributed by atoms with van der Waals surface area (Å²) < 4.78 is 4.94. The van der Waals surface area contributed by atoms with E-state index in [-0.39, 0.29) is 24.3 Å². The molecule has 2 heterocycles. The van der Waals surface area contributed by atoms with Gasteiger partial charge in [0.25, 0.3) is 0 Å². The lowest BCUT2D eigenvalue weighted by atomic mass is 9.85. The van der Waals surface area contributed by atoms with Crippen molar-refractivity contribution >= 4 is 29.3 Å². The number of amides is 1.